The minimum absolute atomic E-state index is 0.0916. The van der Waals surface area contributed by atoms with Gasteiger partial charge in [-0.3, -0.25) is 9.59 Å². The van der Waals surface area contributed by atoms with Gasteiger partial charge in [-0.1, -0.05) is 0 Å². The summed E-state index contributed by atoms with van der Waals surface area (Å²) in [5.41, 5.74) is -5.70. The Morgan fingerprint density at radius 2 is 2.04 bits per heavy atom. The molecule has 8 nitrogen and oxygen atoms in total. The molecule has 0 aromatic heterocycles. The first-order valence-electron chi connectivity index (χ1n) is 6.95. The van der Waals surface area contributed by atoms with Crippen molar-refractivity contribution in [1.29, 1.82) is 0 Å². The number of esters is 2. The summed E-state index contributed by atoms with van der Waals surface area (Å²) in [6, 6.07) is 0. The second kappa shape index (κ2) is 5.33. The number of carbonyl (C=O) groups is 2. The van der Waals surface area contributed by atoms with Crippen LogP contribution in [-0.4, -0.2) is 44.5 Å². The molecule has 0 N–H and O–H groups in total. The van der Waals surface area contributed by atoms with E-state index in [0.29, 0.717) is 12.8 Å². The van der Waals surface area contributed by atoms with Crippen LogP contribution in [0.2, 0.25) is 0 Å². The zero-order valence-corrected chi connectivity index (χ0v) is 12.7. The Bertz CT molecular complexity index is 717. The van der Waals surface area contributed by atoms with Crippen LogP contribution in [0.25, 0.3) is 0 Å². The summed E-state index contributed by atoms with van der Waals surface area (Å²) in [5.74, 6) is -4.31. The van der Waals surface area contributed by atoms with Crippen molar-refractivity contribution >= 4 is 27.9 Å². The highest BCUT2D eigenvalue weighted by atomic mass is 32.2. The van der Waals surface area contributed by atoms with E-state index in [1.807, 2.05) is 4.40 Å². The monoisotopic (exact) mass is 370 g/mol. The highest BCUT2D eigenvalue weighted by molar-refractivity contribution is 7.91. The van der Waals surface area contributed by atoms with Crippen LogP contribution >= 0.6 is 0 Å². The standard InChI is InChI=1S/C12H12F3NO7S/c13-12(14,15)24(20,21)16-7(17)3-22-11(19)8-4-1-5-6(2-4)10(18)23-9(5)8/h4-6,8-9H,1-3H2,(H,16,17)/p-1. The van der Waals surface area contributed by atoms with Crippen LogP contribution in [0.3, 0.4) is 0 Å². The van der Waals surface area contributed by atoms with E-state index in [-0.39, 0.29) is 23.7 Å². The molecule has 3 fully saturated rings. The minimum atomic E-state index is -5.97. The Balaban J connectivity index is 1.62. The van der Waals surface area contributed by atoms with E-state index in [9.17, 15) is 36.3 Å². The van der Waals surface area contributed by atoms with E-state index >= 15 is 0 Å². The van der Waals surface area contributed by atoms with Crippen molar-refractivity contribution in [2.45, 2.75) is 24.5 Å². The van der Waals surface area contributed by atoms with Gasteiger partial charge in [-0.15, -0.1) is 0 Å². The van der Waals surface area contributed by atoms with E-state index in [1.165, 1.54) is 0 Å². The zero-order valence-electron chi connectivity index (χ0n) is 11.9. The Kier molecular flexibility index (Phi) is 3.77. The predicted molar refractivity (Wildman–Crippen MR) is 66.4 cm³/mol. The van der Waals surface area contributed by atoms with Crippen LogP contribution < -0.4 is 5.11 Å². The summed E-state index contributed by atoms with van der Waals surface area (Å²) in [7, 11) is -5.97. The summed E-state index contributed by atoms with van der Waals surface area (Å²) >= 11 is 0. The molecule has 1 heterocycles. The topological polar surface area (TPSA) is 122 Å². The second-order valence-electron chi connectivity index (χ2n) is 5.94. The van der Waals surface area contributed by atoms with Crippen molar-refractivity contribution in [2.75, 3.05) is 6.61 Å². The third-order valence-electron chi connectivity index (χ3n) is 4.61. The number of rotatable bonds is 4. The van der Waals surface area contributed by atoms with Crippen molar-refractivity contribution in [1.82, 2.24) is 0 Å². The molecule has 5 unspecified atom stereocenters. The maximum Gasteiger partial charge on any atom is 0.518 e. The number of sulfonamides is 1. The Labute approximate surface area is 133 Å². The molecule has 3 aliphatic rings. The Morgan fingerprint density at radius 3 is 2.67 bits per heavy atom. The van der Waals surface area contributed by atoms with Crippen molar-refractivity contribution in [2.24, 2.45) is 28.1 Å². The third kappa shape index (κ3) is 2.62. The Hall–Kier alpha value is -1.85. The minimum Gasteiger partial charge on any atom is -0.859 e. The molecule has 0 aromatic carbocycles. The number of alkyl halides is 3. The molecule has 5 atom stereocenters. The highest BCUT2D eigenvalue weighted by Crippen LogP contribution is 2.57. The molecule has 2 bridgehead atoms. The lowest BCUT2D eigenvalue weighted by atomic mass is 9.82. The lowest BCUT2D eigenvalue weighted by molar-refractivity contribution is -0.223. The molecule has 134 valence electrons. The SMILES string of the molecule is O=C1OC2C3CC(CC13)C2C(=O)OC/C([O-])=N/S(=O)(=O)C(F)(F)F. The fraction of sp³-hybridized carbons (Fsp3) is 0.750. The number of carbonyl (C=O) groups excluding carboxylic acids is 2. The first kappa shape index (κ1) is 17.0. The largest absolute Gasteiger partial charge is 0.859 e. The van der Waals surface area contributed by atoms with Crippen LogP contribution in [0, 0.1) is 23.7 Å². The van der Waals surface area contributed by atoms with E-state index in [4.69, 9.17) is 4.74 Å². The van der Waals surface area contributed by atoms with Gasteiger partial charge in [0.1, 0.15) is 12.7 Å². The van der Waals surface area contributed by atoms with Gasteiger partial charge in [0.05, 0.1) is 11.8 Å². The van der Waals surface area contributed by atoms with Crippen molar-refractivity contribution < 1.29 is 45.8 Å². The molecule has 3 rings (SSSR count). The quantitative estimate of drug-likeness (QED) is 0.366. The number of hydrogen-bond donors (Lipinski definition) is 0. The van der Waals surface area contributed by atoms with Crippen molar-refractivity contribution in [3.05, 3.63) is 0 Å². The van der Waals surface area contributed by atoms with Gasteiger partial charge in [0, 0.05) is 11.8 Å². The van der Waals surface area contributed by atoms with Gasteiger partial charge >= 0.3 is 27.5 Å². The zero-order chi connectivity index (χ0) is 17.9. The number of ether oxygens (including phenoxy) is 2. The van der Waals surface area contributed by atoms with Gasteiger partial charge in [-0.25, -0.2) is 0 Å². The molecule has 0 aromatic rings. The first-order valence-corrected chi connectivity index (χ1v) is 8.39. The molecule has 24 heavy (non-hydrogen) atoms. The van der Waals surface area contributed by atoms with Gasteiger partial charge in [-0.05, 0) is 18.8 Å². The maximum atomic E-state index is 12.1. The lowest BCUT2D eigenvalue weighted by Crippen LogP contribution is -2.37. The van der Waals surface area contributed by atoms with Gasteiger partial charge in [0.25, 0.3) is 0 Å². The molecule has 1 saturated heterocycles. The van der Waals surface area contributed by atoms with E-state index in [1.54, 1.807) is 0 Å². The van der Waals surface area contributed by atoms with Crippen LogP contribution in [-0.2, 0) is 29.1 Å². The summed E-state index contributed by atoms with van der Waals surface area (Å²) in [6.07, 6.45) is 0.405. The molecule has 0 amide bonds. The van der Waals surface area contributed by atoms with Crippen molar-refractivity contribution in [3.8, 4) is 0 Å². The molecule has 2 aliphatic carbocycles. The first-order chi connectivity index (χ1) is 11.0. The fourth-order valence-corrected chi connectivity index (χ4v) is 4.15. The molecule has 12 heteroatoms. The number of halogens is 3. The number of hydrogen-bond acceptors (Lipinski definition) is 7. The van der Waals surface area contributed by atoms with E-state index in [2.05, 4.69) is 4.74 Å². The molecule has 0 spiro atoms. The van der Waals surface area contributed by atoms with Crippen molar-refractivity contribution in [3.63, 3.8) is 0 Å². The molecular formula is C12H11F3NO7S-. The highest BCUT2D eigenvalue weighted by Gasteiger charge is 2.64. The van der Waals surface area contributed by atoms with Crippen LogP contribution in [0.15, 0.2) is 4.40 Å². The predicted octanol–water partition coefficient (Wildman–Crippen LogP) is -0.664. The molecule has 1 aliphatic heterocycles. The summed E-state index contributed by atoms with van der Waals surface area (Å²) in [6.45, 7) is -1.23. The average molecular weight is 370 g/mol. The van der Waals surface area contributed by atoms with Gasteiger partial charge in [-0.2, -0.15) is 26.0 Å². The molecule has 0 radical (unpaired) electrons. The van der Waals surface area contributed by atoms with Gasteiger partial charge < -0.3 is 14.6 Å². The maximum absolute atomic E-state index is 12.1. The van der Waals surface area contributed by atoms with Crippen LogP contribution in [0.1, 0.15) is 12.8 Å². The van der Waals surface area contributed by atoms with Gasteiger partial charge in [0.2, 0.25) is 0 Å². The number of nitrogens with zero attached hydrogens (tertiary/aromatic N) is 1. The van der Waals surface area contributed by atoms with Gasteiger partial charge in [0.15, 0.2) is 0 Å². The molecular weight excluding hydrogens is 359 g/mol. The van der Waals surface area contributed by atoms with E-state index in [0.717, 1.165) is 0 Å². The summed E-state index contributed by atoms with van der Waals surface area (Å²) in [4.78, 5) is 23.6. The van der Waals surface area contributed by atoms with E-state index < -0.39 is 46.0 Å². The summed E-state index contributed by atoms with van der Waals surface area (Å²) in [5, 5.41) is 11.2. The summed E-state index contributed by atoms with van der Waals surface area (Å²) < 4.78 is 69.4. The van der Waals surface area contributed by atoms with Crippen LogP contribution in [0.4, 0.5) is 13.2 Å². The van der Waals surface area contributed by atoms with Crippen LogP contribution in [0.5, 0.6) is 0 Å². The fourth-order valence-electron chi connectivity index (χ4n) is 3.72. The molecule has 2 saturated carbocycles. The third-order valence-corrected chi connectivity index (χ3v) is 5.64. The number of fused-ring (bicyclic) bond motifs is 1. The second-order valence-corrected chi connectivity index (χ2v) is 7.54. The normalized spacial score (nSPS) is 35.2. The lowest BCUT2D eigenvalue weighted by Gasteiger charge is -2.24. The Morgan fingerprint density at radius 1 is 1.38 bits per heavy atom. The smallest absolute Gasteiger partial charge is 0.518 e. The average Bonchev–Trinajstić information content (AvgIpc) is 3.05.